The van der Waals surface area contributed by atoms with Crippen molar-refractivity contribution in [3.8, 4) is 27.3 Å². The normalized spacial score (nSPS) is 12.3. The summed E-state index contributed by atoms with van der Waals surface area (Å²) in [5, 5.41) is 7.85. The van der Waals surface area contributed by atoms with E-state index in [1.165, 1.54) is 13.2 Å². The number of benzene rings is 2. The number of methoxy groups -OCH3 is 1. The second kappa shape index (κ2) is 12.4. The summed E-state index contributed by atoms with van der Waals surface area (Å²) < 4.78 is 11.2. The van der Waals surface area contributed by atoms with E-state index < -0.39 is 11.9 Å². The van der Waals surface area contributed by atoms with E-state index >= 15 is 0 Å². The van der Waals surface area contributed by atoms with E-state index in [4.69, 9.17) is 15.2 Å². The van der Waals surface area contributed by atoms with Gasteiger partial charge in [-0.05, 0) is 64.4 Å². The number of esters is 1. The second-order valence-electron chi connectivity index (χ2n) is 11.5. The third-order valence-electron chi connectivity index (χ3n) is 7.01. The number of ether oxygens (including phenoxy) is 2. The topological polar surface area (TPSA) is 133 Å². The van der Waals surface area contributed by atoms with Crippen molar-refractivity contribution in [1.82, 2.24) is 10.3 Å². The van der Waals surface area contributed by atoms with Crippen LogP contribution in [-0.4, -0.2) is 43.0 Å². The highest BCUT2D eigenvalue weighted by Gasteiger charge is 2.27. The molecule has 2 aromatic heterocycles. The standard InChI is InChI=1S/C33H34N4O5S/c1-33(2,3)18-35-31(39)26-10-9-22(28(37-26)32(40)41-4)23-16-27-25(29-20(11-13-42-27)12-14-43-29)15-24(23)30(38)36-21-7-5-19(17-34)6-8-21/h5-10,12,14-16H,11,13,17-18,34H2,1-4H3,(H,35,39)(H,36,38). The number of carbonyl (C=O) groups excluding carboxylic acids is 3. The number of fused-ring (bicyclic) bond motifs is 3. The molecular weight excluding hydrogens is 564 g/mol. The maximum atomic E-state index is 13.9. The number of amides is 2. The molecule has 43 heavy (non-hydrogen) atoms. The molecule has 4 N–H and O–H groups in total. The van der Waals surface area contributed by atoms with Gasteiger partial charge in [0.25, 0.3) is 11.8 Å². The van der Waals surface area contributed by atoms with E-state index in [2.05, 4.69) is 21.7 Å². The van der Waals surface area contributed by atoms with Gasteiger partial charge in [0, 0.05) is 52.3 Å². The molecule has 3 heterocycles. The van der Waals surface area contributed by atoms with Gasteiger partial charge in [0.2, 0.25) is 0 Å². The Morgan fingerprint density at radius 1 is 1.00 bits per heavy atom. The molecule has 1 aliphatic heterocycles. The zero-order valence-corrected chi connectivity index (χ0v) is 25.4. The number of hydrogen-bond donors (Lipinski definition) is 3. The number of hydrogen-bond acceptors (Lipinski definition) is 8. The van der Waals surface area contributed by atoms with Crippen molar-refractivity contribution in [2.24, 2.45) is 11.1 Å². The minimum atomic E-state index is -0.736. The molecule has 4 aromatic rings. The van der Waals surface area contributed by atoms with Gasteiger partial charge in [-0.15, -0.1) is 11.3 Å². The highest BCUT2D eigenvalue weighted by molar-refractivity contribution is 7.13. The fourth-order valence-corrected chi connectivity index (χ4v) is 5.72. The lowest BCUT2D eigenvalue weighted by molar-refractivity contribution is 0.0594. The SMILES string of the molecule is COC(=O)c1nc(C(=O)NCC(C)(C)C)ccc1-c1cc2c(cc1C(=O)Nc1ccc(CN)cc1)-c1sccc1CCO2. The lowest BCUT2D eigenvalue weighted by atomic mass is 9.93. The number of anilines is 1. The predicted octanol–water partition coefficient (Wildman–Crippen LogP) is 5.69. The predicted molar refractivity (Wildman–Crippen MR) is 168 cm³/mol. The lowest BCUT2D eigenvalue weighted by Crippen LogP contribution is -2.33. The van der Waals surface area contributed by atoms with Crippen molar-refractivity contribution >= 4 is 34.8 Å². The van der Waals surface area contributed by atoms with Crippen molar-refractivity contribution in [3.63, 3.8) is 0 Å². The Bertz CT molecular complexity index is 1690. The third kappa shape index (κ3) is 6.60. The molecule has 2 aromatic carbocycles. The van der Waals surface area contributed by atoms with Crippen LogP contribution in [-0.2, 0) is 17.7 Å². The zero-order valence-electron chi connectivity index (χ0n) is 24.6. The van der Waals surface area contributed by atoms with Gasteiger partial charge < -0.3 is 25.8 Å². The molecule has 0 radical (unpaired) electrons. The van der Waals surface area contributed by atoms with Gasteiger partial charge in [0.1, 0.15) is 11.4 Å². The number of rotatable bonds is 7. The molecule has 0 unspecified atom stereocenters. The van der Waals surface area contributed by atoms with Crippen LogP contribution < -0.4 is 21.1 Å². The van der Waals surface area contributed by atoms with Gasteiger partial charge in [-0.25, -0.2) is 9.78 Å². The number of nitrogens with two attached hydrogens (primary N) is 1. The van der Waals surface area contributed by atoms with Crippen LogP contribution in [0.1, 0.15) is 63.2 Å². The average Bonchev–Trinajstić information content (AvgIpc) is 3.40. The smallest absolute Gasteiger partial charge is 0.357 e. The largest absolute Gasteiger partial charge is 0.493 e. The molecule has 0 aliphatic carbocycles. The van der Waals surface area contributed by atoms with Crippen molar-refractivity contribution in [2.75, 3.05) is 25.6 Å². The third-order valence-corrected chi connectivity index (χ3v) is 8.00. The minimum Gasteiger partial charge on any atom is -0.493 e. The van der Waals surface area contributed by atoms with E-state index in [0.717, 1.165) is 28.0 Å². The number of nitrogens with zero attached hydrogens (tertiary/aromatic N) is 1. The summed E-state index contributed by atoms with van der Waals surface area (Å²) in [6, 6.07) is 16.0. The van der Waals surface area contributed by atoms with Crippen LogP contribution >= 0.6 is 11.3 Å². The van der Waals surface area contributed by atoms with Gasteiger partial charge >= 0.3 is 5.97 Å². The lowest BCUT2D eigenvalue weighted by Gasteiger charge is -2.19. The molecule has 0 spiro atoms. The van der Waals surface area contributed by atoms with Crippen molar-refractivity contribution in [3.05, 3.63) is 88.1 Å². The highest BCUT2D eigenvalue weighted by atomic mass is 32.1. The molecule has 5 rings (SSSR count). The summed E-state index contributed by atoms with van der Waals surface area (Å²) in [5.74, 6) is -0.951. The number of thiophene rings is 1. The van der Waals surface area contributed by atoms with E-state index in [9.17, 15) is 14.4 Å². The first-order chi connectivity index (χ1) is 20.6. The molecule has 0 atom stereocenters. The molecule has 10 heteroatoms. The van der Waals surface area contributed by atoms with Crippen molar-refractivity contribution < 1.29 is 23.9 Å². The molecule has 222 valence electrons. The fraction of sp³-hybridized carbons (Fsp3) is 0.273. The van der Waals surface area contributed by atoms with Gasteiger partial charge in [-0.2, -0.15) is 0 Å². The molecule has 0 saturated heterocycles. The molecule has 0 saturated carbocycles. The number of nitrogens with one attached hydrogen (secondary N) is 2. The Balaban J connectivity index is 1.64. The molecule has 9 nitrogen and oxygen atoms in total. The summed E-state index contributed by atoms with van der Waals surface area (Å²) in [7, 11) is 1.25. The Morgan fingerprint density at radius 3 is 2.47 bits per heavy atom. The van der Waals surface area contributed by atoms with E-state index in [1.54, 1.807) is 41.7 Å². The quantitative estimate of drug-likeness (QED) is 0.233. The Labute approximate surface area is 254 Å². The summed E-state index contributed by atoms with van der Waals surface area (Å²) in [5.41, 5.74) is 10.1. The Morgan fingerprint density at radius 2 is 1.77 bits per heavy atom. The van der Waals surface area contributed by atoms with E-state index in [0.29, 0.717) is 47.8 Å². The molecular formula is C33H34N4O5S. The summed E-state index contributed by atoms with van der Waals surface area (Å²) in [6.45, 7) is 7.28. The van der Waals surface area contributed by atoms with Crippen LogP contribution in [0.4, 0.5) is 5.69 Å². The zero-order chi connectivity index (χ0) is 30.7. The minimum absolute atomic E-state index is 0.0635. The van der Waals surface area contributed by atoms with E-state index in [-0.39, 0.29) is 22.7 Å². The van der Waals surface area contributed by atoms with Crippen LogP contribution in [0, 0.1) is 5.41 Å². The first-order valence-electron chi connectivity index (χ1n) is 13.9. The average molecular weight is 599 g/mol. The Hall–Kier alpha value is -4.54. The molecule has 0 fully saturated rings. The van der Waals surface area contributed by atoms with Gasteiger partial charge in [-0.1, -0.05) is 32.9 Å². The van der Waals surface area contributed by atoms with Crippen LogP contribution in [0.3, 0.4) is 0 Å². The molecule has 0 bridgehead atoms. The number of pyridine rings is 1. The van der Waals surface area contributed by atoms with Crippen LogP contribution in [0.25, 0.3) is 21.6 Å². The van der Waals surface area contributed by atoms with Crippen LogP contribution in [0.2, 0.25) is 0 Å². The maximum absolute atomic E-state index is 13.9. The monoisotopic (exact) mass is 598 g/mol. The van der Waals surface area contributed by atoms with Crippen molar-refractivity contribution in [1.29, 1.82) is 0 Å². The summed E-state index contributed by atoms with van der Waals surface area (Å²) >= 11 is 1.58. The Kier molecular flexibility index (Phi) is 8.61. The first kappa shape index (κ1) is 29.9. The first-order valence-corrected chi connectivity index (χ1v) is 14.8. The van der Waals surface area contributed by atoms with Gasteiger partial charge in [0.05, 0.1) is 13.7 Å². The second-order valence-corrected chi connectivity index (χ2v) is 12.4. The summed E-state index contributed by atoms with van der Waals surface area (Å²) in [6.07, 6.45) is 0.727. The number of carbonyl (C=O) groups is 3. The highest BCUT2D eigenvalue weighted by Crippen LogP contribution is 2.43. The van der Waals surface area contributed by atoms with Crippen LogP contribution in [0.15, 0.2) is 60.0 Å². The van der Waals surface area contributed by atoms with Gasteiger partial charge in [-0.3, -0.25) is 9.59 Å². The number of aromatic nitrogens is 1. The molecule has 1 aliphatic rings. The van der Waals surface area contributed by atoms with Crippen LogP contribution in [0.5, 0.6) is 5.75 Å². The van der Waals surface area contributed by atoms with Gasteiger partial charge in [0.15, 0.2) is 5.69 Å². The fourth-order valence-electron chi connectivity index (χ4n) is 4.74. The van der Waals surface area contributed by atoms with Crippen molar-refractivity contribution in [2.45, 2.75) is 33.7 Å². The molecule has 2 amide bonds. The summed E-state index contributed by atoms with van der Waals surface area (Å²) in [4.78, 5) is 45.3. The van der Waals surface area contributed by atoms with E-state index in [1.807, 2.05) is 38.3 Å². The maximum Gasteiger partial charge on any atom is 0.357 e.